The van der Waals surface area contributed by atoms with Crippen molar-refractivity contribution in [3.05, 3.63) is 39.2 Å². The van der Waals surface area contributed by atoms with Crippen LogP contribution in [0.25, 0.3) is 6.08 Å². The second-order valence-electron chi connectivity index (χ2n) is 5.35. The molecule has 0 aromatic heterocycles. The summed E-state index contributed by atoms with van der Waals surface area (Å²) in [5, 5.41) is 11.2. The van der Waals surface area contributed by atoms with Crippen LogP contribution >= 0.6 is 39.9 Å². The summed E-state index contributed by atoms with van der Waals surface area (Å²) >= 11 is 9.67. The Bertz CT molecular complexity index is 764. The van der Waals surface area contributed by atoms with E-state index in [1.54, 1.807) is 6.08 Å². The lowest BCUT2D eigenvalue weighted by molar-refractivity contribution is -0.142. The summed E-state index contributed by atoms with van der Waals surface area (Å²) in [6, 6.07) is 5.46. The third kappa shape index (κ3) is 4.68. The molecule has 25 heavy (non-hydrogen) atoms. The second kappa shape index (κ2) is 8.11. The summed E-state index contributed by atoms with van der Waals surface area (Å²) in [4.78, 5) is 37.2. The number of hydrogen-bond acceptors (Lipinski definition) is 5. The minimum atomic E-state index is -1.15. The number of halogens is 1. The summed E-state index contributed by atoms with van der Waals surface area (Å²) in [5.41, 5.74) is 0.834. The zero-order valence-electron chi connectivity index (χ0n) is 13.4. The quantitative estimate of drug-likeness (QED) is 0.538. The molecule has 0 aliphatic carbocycles. The molecule has 2 atom stereocenters. The molecule has 0 radical (unpaired) electrons. The topological polar surface area (TPSA) is 86.7 Å². The maximum atomic E-state index is 12.6. The van der Waals surface area contributed by atoms with E-state index in [9.17, 15) is 14.4 Å². The van der Waals surface area contributed by atoms with Crippen LogP contribution in [0.15, 0.2) is 33.6 Å². The van der Waals surface area contributed by atoms with Gasteiger partial charge in [-0.15, -0.1) is 0 Å². The average Bonchev–Trinajstić information content (AvgIpc) is 2.82. The predicted molar refractivity (Wildman–Crippen MR) is 104 cm³/mol. The van der Waals surface area contributed by atoms with Crippen molar-refractivity contribution in [2.45, 2.75) is 25.9 Å². The number of rotatable bonds is 5. The van der Waals surface area contributed by atoms with E-state index in [0.717, 1.165) is 21.8 Å². The second-order valence-corrected chi connectivity index (χ2v) is 7.94. The number of thioether (sulfide) groups is 1. The summed E-state index contributed by atoms with van der Waals surface area (Å²) in [7, 11) is 0. The zero-order chi connectivity index (χ0) is 18.7. The van der Waals surface area contributed by atoms with Gasteiger partial charge in [-0.3, -0.25) is 19.3 Å². The van der Waals surface area contributed by atoms with Crippen LogP contribution in [-0.4, -0.2) is 44.2 Å². The van der Waals surface area contributed by atoms with E-state index in [0.29, 0.717) is 4.91 Å². The first-order valence-electron chi connectivity index (χ1n) is 7.26. The molecule has 2 unspecified atom stereocenters. The summed E-state index contributed by atoms with van der Waals surface area (Å²) in [6.45, 7) is 2.86. The third-order valence-corrected chi connectivity index (χ3v) is 5.35. The van der Waals surface area contributed by atoms with Crippen molar-refractivity contribution >= 4 is 68.1 Å². The Hall–Kier alpha value is -1.71. The van der Waals surface area contributed by atoms with Crippen molar-refractivity contribution in [1.29, 1.82) is 0 Å². The lowest BCUT2D eigenvalue weighted by atomic mass is 10.2. The monoisotopic (exact) mass is 442 g/mol. The van der Waals surface area contributed by atoms with Crippen LogP contribution in [0.5, 0.6) is 0 Å². The van der Waals surface area contributed by atoms with Gasteiger partial charge in [0.1, 0.15) is 16.4 Å². The van der Waals surface area contributed by atoms with Gasteiger partial charge in [0.2, 0.25) is 5.91 Å². The molecule has 132 valence electrons. The highest BCUT2D eigenvalue weighted by molar-refractivity contribution is 9.10. The average molecular weight is 443 g/mol. The van der Waals surface area contributed by atoms with Crippen molar-refractivity contribution in [2.75, 3.05) is 0 Å². The van der Waals surface area contributed by atoms with Gasteiger partial charge in [-0.25, -0.2) is 0 Å². The molecule has 1 aliphatic rings. The van der Waals surface area contributed by atoms with Crippen molar-refractivity contribution in [1.82, 2.24) is 10.2 Å². The molecule has 2 amide bonds. The van der Waals surface area contributed by atoms with Crippen LogP contribution in [0, 0.1) is 0 Å². The Labute approximate surface area is 162 Å². The number of hydrogen-bond donors (Lipinski definition) is 2. The number of nitrogens with one attached hydrogen (secondary N) is 1. The highest BCUT2D eigenvalue weighted by Crippen LogP contribution is 2.34. The Kier molecular flexibility index (Phi) is 6.36. The van der Waals surface area contributed by atoms with Crippen LogP contribution in [0.2, 0.25) is 0 Å². The summed E-state index contributed by atoms with van der Waals surface area (Å²) < 4.78 is 1.19. The maximum absolute atomic E-state index is 12.6. The lowest BCUT2D eigenvalue weighted by Crippen LogP contribution is -2.50. The molecular formula is C16H15BrN2O4S2. The smallest absolute Gasteiger partial charge is 0.325 e. The Morgan fingerprint density at radius 2 is 1.92 bits per heavy atom. The van der Waals surface area contributed by atoms with Gasteiger partial charge in [-0.2, -0.15) is 0 Å². The number of amides is 2. The third-order valence-electron chi connectivity index (χ3n) is 3.49. The van der Waals surface area contributed by atoms with E-state index in [-0.39, 0.29) is 10.2 Å². The van der Waals surface area contributed by atoms with Crippen LogP contribution in [0.3, 0.4) is 0 Å². The standard InChI is InChI=1S/C16H15BrN2O4S2/c1-8(15(22)23)18-13(20)9(2)19-14(21)12(25-16(19)24)7-10-3-5-11(17)6-4-10/h3-9H,1-2H3,(H,18,20)(H,22,23)/b12-7-. The minimum Gasteiger partial charge on any atom is -0.480 e. The van der Waals surface area contributed by atoms with E-state index in [1.165, 1.54) is 18.7 Å². The van der Waals surface area contributed by atoms with Crippen molar-refractivity contribution in [3.63, 3.8) is 0 Å². The van der Waals surface area contributed by atoms with Gasteiger partial charge in [-0.1, -0.05) is 52.0 Å². The van der Waals surface area contributed by atoms with Crippen molar-refractivity contribution < 1.29 is 19.5 Å². The number of thiocarbonyl (C=S) groups is 1. The number of carboxylic acid groups (broad SMARTS) is 1. The molecule has 1 heterocycles. The predicted octanol–water partition coefficient (Wildman–Crippen LogP) is 2.63. The van der Waals surface area contributed by atoms with Gasteiger partial charge in [0.05, 0.1) is 4.91 Å². The zero-order valence-corrected chi connectivity index (χ0v) is 16.6. The van der Waals surface area contributed by atoms with E-state index in [2.05, 4.69) is 21.2 Å². The molecule has 1 fully saturated rings. The number of nitrogens with zero attached hydrogens (tertiary/aromatic N) is 1. The molecule has 1 aromatic carbocycles. The molecule has 6 nitrogen and oxygen atoms in total. The number of aliphatic carboxylic acids is 1. The molecule has 0 spiro atoms. The van der Waals surface area contributed by atoms with Gasteiger partial charge in [-0.05, 0) is 37.6 Å². The fourth-order valence-electron chi connectivity index (χ4n) is 2.04. The Morgan fingerprint density at radius 3 is 2.48 bits per heavy atom. The van der Waals surface area contributed by atoms with Crippen LogP contribution in [0.1, 0.15) is 19.4 Å². The summed E-state index contributed by atoms with van der Waals surface area (Å²) in [6.07, 6.45) is 1.70. The fraction of sp³-hybridized carbons (Fsp3) is 0.250. The first-order chi connectivity index (χ1) is 11.7. The number of benzene rings is 1. The van der Waals surface area contributed by atoms with Gasteiger partial charge < -0.3 is 10.4 Å². The van der Waals surface area contributed by atoms with Gasteiger partial charge in [0.15, 0.2) is 0 Å². The van der Waals surface area contributed by atoms with Gasteiger partial charge in [0, 0.05) is 4.47 Å². The molecule has 2 rings (SSSR count). The van der Waals surface area contributed by atoms with Gasteiger partial charge in [0.25, 0.3) is 5.91 Å². The van der Waals surface area contributed by atoms with Crippen molar-refractivity contribution in [3.8, 4) is 0 Å². The fourth-order valence-corrected chi connectivity index (χ4v) is 3.72. The number of carbonyl (C=O) groups is 3. The SMILES string of the molecule is CC(NC(=O)C(C)N1C(=O)/C(=C/c2ccc(Br)cc2)SC1=S)C(=O)O. The molecule has 1 aliphatic heterocycles. The molecule has 1 aromatic rings. The number of carbonyl (C=O) groups excluding carboxylic acids is 2. The van der Waals surface area contributed by atoms with Gasteiger partial charge >= 0.3 is 5.97 Å². The van der Waals surface area contributed by atoms with E-state index in [1.807, 2.05) is 24.3 Å². The molecular weight excluding hydrogens is 428 g/mol. The van der Waals surface area contributed by atoms with E-state index >= 15 is 0 Å². The van der Waals surface area contributed by atoms with Crippen LogP contribution < -0.4 is 5.32 Å². The highest BCUT2D eigenvalue weighted by atomic mass is 79.9. The van der Waals surface area contributed by atoms with Crippen molar-refractivity contribution in [2.24, 2.45) is 0 Å². The molecule has 9 heteroatoms. The van der Waals surface area contributed by atoms with E-state index < -0.39 is 24.0 Å². The van der Waals surface area contributed by atoms with Crippen LogP contribution in [-0.2, 0) is 14.4 Å². The lowest BCUT2D eigenvalue weighted by Gasteiger charge is -2.23. The normalized spacial score (nSPS) is 18.4. The minimum absolute atomic E-state index is 0.263. The number of carboxylic acids is 1. The Morgan fingerprint density at radius 1 is 1.32 bits per heavy atom. The molecule has 0 bridgehead atoms. The first-order valence-corrected chi connectivity index (χ1v) is 9.28. The molecule has 1 saturated heterocycles. The molecule has 2 N–H and O–H groups in total. The first kappa shape index (κ1) is 19.6. The highest BCUT2D eigenvalue weighted by Gasteiger charge is 2.38. The largest absolute Gasteiger partial charge is 0.480 e. The molecule has 0 saturated carbocycles. The maximum Gasteiger partial charge on any atom is 0.325 e. The Balaban J connectivity index is 2.16. The van der Waals surface area contributed by atoms with E-state index in [4.69, 9.17) is 17.3 Å². The summed E-state index contributed by atoms with van der Waals surface area (Å²) in [5.74, 6) is -2.10. The van der Waals surface area contributed by atoms with Crippen LogP contribution in [0.4, 0.5) is 0 Å².